The van der Waals surface area contributed by atoms with E-state index in [1.54, 1.807) is 18.2 Å². The number of sulfonamides is 1. The van der Waals surface area contributed by atoms with E-state index >= 15 is 0 Å². The first-order valence-corrected chi connectivity index (χ1v) is 16.9. The van der Waals surface area contributed by atoms with Gasteiger partial charge in [-0.25, -0.2) is 13.1 Å². The number of hydrogen-bond donors (Lipinski definition) is 3. The summed E-state index contributed by atoms with van der Waals surface area (Å²) in [5.41, 5.74) is 0.320. The maximum atomic E-state index is 12.7. The average Bonchev–Trinajstić information content (AvgIpc) is 3.26. The molecule has 1 aromatic rings. The number of amides is 1. The summed E-state index contributed by atoms with van der Waals surface area (Å²) in [5, 5.41) is 22.4. The molecule has 5 unspecified atom stereocenters. The van der Waals surface area contributed by atoms with Crippen molar-refractivity contribution in [2.75, 3.05) is 0 Å². The Balaban J connectivity index is 1.27. The smallest absolute Gasteiger partial charge is 0.264 e. The van der Waals surface area contributed by atoms with E-state index in [0.717, 1.165) is 51.4 Å². The first-order chi connectivity index (χ1) is 18.4. The number of fused-ring (bicyclic) bond motifs is 5. The van der Waals surface area contributed by atoms with Crippen molar-refractivity contribution in [3.8, 4) is 0 Å². The number of hydrogen-bond acceptors (Lipinski definition) is 5. The van der Waals surface area contributed by atoms with Gasteiger partial charge in [-0.3, -0.25) is 4.79 Å². The van der Waals surface area contributed by atoms with Crippen LogP contribution in [0.15, 0.2) is 35.2 Å². The van der Waals surface area contributed by atoms with Gasteiger partial charge >= 0.3 is 0 Å². The summed E-state index contributed by atoms with van der Waals surface area (Å²) < 4.78 is 27.4. The average molecular weight is 560 g/mol. The van der Waals surface area contributed by atoms with Crippen LogP contribution in [0.3, 0.4) is 0 Å². The summed E-state index contributed by atoms with van der Waals surface area (Å²) in [5.74, 6) is 2.26. The lowest BCUT2D eigenvalue weighted by molar-refractivity contribution is -0.203. The highest BCUT2D eigenvalue weighted by Gasteiger charge is 2.64. The number of benzene rings is 1. The molecule has 5 rings (SSSR count). The van der Waals surface area contributed by atoms with Crippen LogP contribution in [0.4, 0.5) is 0 Å². The zero-order chi connectivity index (χ0) is 28.2. The molecule has 218 valence electrons. The molecular formula is C32H49NO5S. The number of rotatable bonds is 7. The molecule has 7 heteroatoms. The fraction of sp³-hybridized carbons (Fsp3) is 0.781. The molecule has 0 heterocycles. The molecule has 4 aliphatic rings. The van der Waals surface area contributed by atoms with E-state index in [4.69, 9.17) is 0 Å². The number of carbonyl (C=O) groups is 1. The van der Waals surface area contributed by atoms with Gasteiger partial charge in [-0.1, -0.05) is 52.3 Å². The SMILES string of the molecule is CC[C@@H]1C2C[C@H](O)CCC2(C)C2CCC3(C)C([C@H](C)CCC(=O)NS(=O)(=O)c4ccccc4)CC[C@H]3[C@@H]2[C@@H]1O. The van der Waals surface area contributed by atoms with Crippen molar-refractivity contribution in [3.63, 3.8) is 0 Å². The number of aliphatic hydroxyl groups is 2. The van der Waals surface area contributed by atoms with Gasteiger partial charge in [0, 0.05) is 6.42 Å². The summed E-state index contributed by atoms with van der Waals surface area (Å²) in [4.78, 5) is 12.8. The monoisotopic (exact) mass is 559 g/mol. The molecule has 0 aromatic heterocycles. The van der Waals surface area contributed by atoms with E-state index in [0.29, 0.717) is 41.9 Å². The van der Waals surface area contributed by atoms with E-state index in [1.807, 2.05) is 0 Å². The van der Waals surface area contributed by atoms with E-state index in [9.17, 15) is 23.4 Å². The molecule has 4 aliphatic carbocycles. The molecular weight excluding hydrogens is 510 g/mol. The molecule has 0 bridgehead atoms. The fourth-order valence-corrected chi connectivity index (χ4v) is 11.4. The molecule has 39 heavy (non-hydrogen) atoms. The minimum Gasteiger partial charge on any atom is -0.393 e. The van der Waals surface area contributed by atoms with Crippen LogP contribution in [0.1, 0.15) is 91.9 Å². The van der Waals surface area contributed by atoms with Gasteiger partial charge in [0.2, 0.25) is 5.91 Å². The lowest BCUT2D eigenvalue weighted by Crippen LogP contribution is -2.62. The van der Waals surface area contributed by atoms with Gasteiger partial charge in [0.25, 0.3) is 10.0 Å². The lowest BCUT2D eigenvalue weighted by Gasteiger charge is -2.64. The van der Waals surface area contributed by atoms with Crippen molar-refractivity contribution in [2.24, 2.45) is 52.3 Å². The van der Waals surface area contributed by atoms with Crippen molar-refractivity contribution in [1.82, 2.24) is 4.72 Å². The fourth-order valence-electron chi connectivity index (χ4n) is 10.4. The zero-order valence-corrected chi connectivity index (χ0v) is 25.0. The summed E-state index contributed by atoms with van der Waals surface area (Å²) in [6.07, 6.45) is 8.57. The van der Waals surface area contributed by atoms with E-state index in [-0.39, 0.29) is 40.3 Å². The van der Waals surface area contributed by atoms with Crippen LogP contribution >= 0.6 is 0 Å². The van der Waals surface area contributed by atoms with Crippen LogP contribution in [-0.2, 0) is 14.8 Å². The topological polar surface area (TPSA) is 104 Å². The highest BCUT2D eigenvalue weighted by molar-refractivity contribution is 7.90. The molecule has 0 spiro atoms. The van der Waals surface area contributed by atoms with Gasteiger partial charge in [-0.15, -0.1) is 0 Å². The van der Waals surface area contributed by atoms with Crippen LogP contribution in [0.25, 0.3) is 0 Å². The Bertz CT molecular complexity index is 1140. The van der Waals surface area contributed by atoms with Gasteiger partial charge in [0.1, 0.15) is 0 Å². The summed E-state index contributed by atoms with van der Waals surface area (Å²) in [6.45, 7) is 9.35. The summed E-state index contributed by atoms with van der Waals surface area (Å²) in [7, 11) is -3.85. The van der Waals surface area contributed by atoms with Gasteiger partial charge in [0.05, 0.1) is 17.1 Å². The number of aliphatic hydroxyl groups excluding tert-OH is 2. The van der Waals surface area contributed by atoms with Gasteiger partial charge in [-0.2, -0.15) is 0 Å². The van der Waals surface area contributed by atoms with Gasteiger partial charge in [-0.05, 0) is 116 Å². The molecule has 0 aliphatic heterocycles. The number of carbonyl (C=O) groups excluding carboxylic acids is 1. The second-order valence-corrected chi connectivity index (χ2v) is 15.7. The molecule has 3 N–H and O–H groups in total. The Morgan fingerprint density at radius 1 is 1.00 bits per heavy atom. The Labute approximate surface area is 235 Å². The van der Waals surface area contributed by atoms with Crippen LogP contribution in [0.5, 0.6) is 0 Å². The second kappa shape index (κ2) is 10.8. The molecule has 6 nitrogen and oxygen atoms in total. The third-order valence-electron chi connectivity index (χ3n) is 12.3. The van der Waals surface area contributed by atoms with E-state index in [1.165, 1.54) is 12.1 Å². The third-order valence-corrected chi connectivity index (χ3v) is 13.7. The third kappa shape index (κ3) is 4.99. The molecule has 1 amide bonds. The number of nitrogens with one attached hydrogen (secondary N) is 1. The van der Waals surface area contributed by atoms with Gasteiger partial charge < -0.3 is 10.2 Å². The first-order valence-electron chi connectivity index (χ1n) is 15.4. The minimum atomic E-state index is -3.85. The summed E-state index contributed by atoms with van der Waals surface area (Å²) in [6, 6.07) is 8.04. The van der Waals surface area contributed by atoms with Crippen molar-refractivity contribution in [2.45, 2.75) is 109 Å². The minimum absolute atomic E-state index is 0.106. The predicted octanol–water partition coefficient (Wildman–Crippen LogP) is 5.53. The lowest BCUT2D eigenvalue weighted by atomic mass is 9.41. The van der Waals surface area contributed by atoms with E-state index in [2.05, 4.69) is 32.4 Å². The van der Waals surface area contributed by atoms with Crippen molar-refractivity contribution >= 4 is 15.9 Å². The second-order valence-electron chi connectivity index (χ2n) is 14.0. The standard InChI is InChI=1S/C32H49NO5S/c1-5-23-27-19-21(34)15-17-32(27,4)26-16-18-31(3)24(12-13-25(31)29(26)30(23)36)20(2)11-14-28(35)33-39(37,38)22-9-7-6-8-10-22/h6-10,20-21,23-27,29-30,34,36H,5,11-19H2,1-4H3,(H,33,35)/t20-,21-,23-,24?,25+,26?,27?,29+,30-,31?,32?/m1/s1. The summed E-state index contributed by atoms with van der Waals surface area (Å²) >= 11 is 0. The Morgan fingerprint density at radius 3 is 2.36 bits per heavy atom. The van der Waals surface area contributed by atoms with Crippen LogP contribution in [-0.4, -0.2) is 36.7 Å². The first kappa shape index (κ1) is 29.1. The molecule has 0 radical (unpaired) electrons. The quantitative estimate of drug-likeness (QED) is 0.407. The molecule has 4 fully saturated rings. The normalized spacial score (nSPS) is 42.6. The Kier molecular flexibility index (Phi) is 8.02. The van der Waals surface area contributed by atoms with Crippen molar-refractivity contribution in [3.05, 3.63) is 30.3 Å². The molecule has 4 saturated carbocycles. The zero-order valence-electron chi connectivity index (χ0n) is 24.2. The maximum Gasteiger partial charge on any atom is 0.264 e. The molecule has 1 aromatic carbocycles. The molecule has 11 atom stereocenters. The van der Waals surface area contributed by atoms with Crippen LogP contribution < -0.4 is 4.72 Å². The highest BCUT2D eigenvalue weighted by Crippen LogP contribution is 2.69. The molecule has 0 saturated heterocycles. The maximum absolute atomic E-state index is 12.7. The van der Waals surface area contributed by atoms with Crippen LogP contribution in [0.2, 0.25) is 0 Å². The Hall–Kier alpha value is -1.44. The van der Waals surface area contributed by atoms with Gasteiger partial charge in [0.15, 0.2) is 0 Å². The van der Waals surface area contributed by atoms with Crippen molar-refractivity contribution < 1.29 is 23.4 Å². The van der Waals surface area contributed by atoms with Crippen LogP contribution in [0, 0.1) is 52.3 Å². The Morgan fingerprint density at radius 2 is 1.67 bits per heavy atom. The van der Waals surface area contributed by atoms with Crippen molar-refractivity contribution in [1.29, 1.82) is 0 Å². The van der Waals surface area contributed by atoms with E-state index < -0.39 is 15.9 Å². The predicted molar refractivity (Wildman–Crippen MR) is 152 cm³/mol. The largest absolute Gasteiger partial charge is 0.393 e. The highest BCUT2D eigenvalue weighted by atomic mass is 32.2.